The number of ether oxygens (including phenoxy) is 1. The first kappa shape index (κ1) is 18.8. The van der Waals surface area contributed by atoms with Crippen LogP contribution in [0.2, 0.25) is 0 Å². The third kappa shape index (κ3) is 3.74. The van der Waals surface area contributed by atoms with Crippen LogP contribution in [-0.4, -0.2) is 27.8 Å². The molecule has 0 spiro atoms. The molecule has 1 amide bonds. The smallest absolute Gasteiger partial charge is 0.275 e. The second kappa shape index (κ2) is 7.84. The van der Waals surface area contributed by atoms with Crippen molar-refractivity contribution in [2.24, 2.45) is 0 Å². The van der Waals surface area contributed by atoms with Gasteiger partial charge in [0.2, 0.25) is 5.91 Å². The van der Waals surface area contributed by atoms with Crippen LogP contribution in [0.15, 0.2) is 58.7 Å². The van der Waals surface area contributed by atoms with E-state index in [4.69, 9.17) is 4.74 Å². The second-order valence-corrected chi connectivity index (χ2v) is 7.24. The van der Waals surface area contributed by atoms with Gasteiger partial charge in [0, 0.05) is 16.3 Å². The molecular weight excluding hydrogens is 388 g/mol. The average molecular weight is 406 g/mol. The Hall–Kier alpha value is -3.52. The number of para-hydroxylation sites is 1. The Bertz CT molecular complexity index is 1260. The van der Waals surface area contributed by atoms with Gasteiger partial charge in [-0.2, -0.15) is 5.10 Å². The van der Waals surface area contributed by atoms with Gasteiger partial charge in [0.15, 0.2) is 5.13 Å². The van der Waals surface area contributed by atoms with Crippen LogP contribution in [0, 0.1) is 6.92 Å². The van der Waals surface area contributed by atoms with Gasteiger partial charge in [0.05, 0.1) is 23.9 Å². The minimum atomic E-state index is -0.366. The summed E-state index contributed by atoms with van der Waals surface area (Å²) in [4.78, 5) is 29.6. The molecule has 0 saturated carbocycles. The van der Waals surface area contributed by atoms with Crippen molar-refractivity contribution >= 4 is 33.1 Å². The highest BCUT2D eigenvalue weighted by Crippen LogP contribution is 2.31. The van der Waals surface area contributed by atoms with Crippen LogP contribution in [0.25, 0.3) is 22.0 Å². The van der Waals surface area contributed by atoms with Gasteiger partial charge in [0.25, 0.3) is 5.56 Å². The van der Waals surface area contributed by atoms with Crippen LogP contribution in [0.1, 0.15) is 5.69 Å². The van der Waals surface area contributed by atoms with Gasteiger partial charge in [-0.15, -0.1) is 11.3 Å². The fourth-order valence-corrected chi connectivity index (χ4v) is 3.84. The fraction of sp³-hybridized carbons (Fsp3) is 0.143. The highest BCUT2D eigenvalue weighted by atomic mass is 32.1. The van der Waals surface area contributed by atoms with Crippen molar-refractivity contribution in [3.63, 3.8) is 0 Å². The second-order valence-electron chi connectivity index (χ2n) is 6.38. The number of rotatable bonds is 5. The van der Waals surface area contributed by atoms with Crippen LogP contribution in [0.4, 0.5) is 5.13 Å². The zero-order valence-corrected chi connectivity index (χ0v) is 16.7. The molecule has 0 atom stereocenters. The summed E-state index contributed by atoms with van der Waals surface area (Å²) in [5.74, 6) is 0.341. The van der Waals surface area contributed by atoms with Gasteiger partial charge in [-0.1, -0.05) is 30.3 Å². The maximum absolute atomic E-state index is 12.6. The first-order valence-corrected chi connectivity index (χ1v) is 9.80. The van der Waals surface area contributed by atoms with Crippen LogP contribution < -0.4 is 15.6 Å². The molecular formula is C21H18N4O3S. The van der Waals surface area contributed by atoms with Gasteiger partial charge < -0.3 is 10.1 Å². The number of amides is 1. The van der Waals surface area contributed by atoms with Crippen molar-refractivity contribution < 1.29 is 9.53 Å². The quantitative estimate of drug-likeness (QED) is 0.548. The number of thiazole rings is 1. The number of methoxy groups -OCH3 is 1. The van der Waals surface area contributed by atoms with E-state index in [0.29, 0.717) is 27.7 Å². The maximum atomic E-state index is 12.6. The predicted octanol–water partition coefficient (Wildman–Crippen LogP) is 3.48. The summed E-state index contributed by atoms with van der Waals surface area (Å²) >= 11 is 1.31. The number of benzene rings is 2. The molecule has 0 bridgehead atoms. The Morgan fingerprint density at radius 2 is 1.86 bits per heavy atom. The molecule has 8 heteroatoms. The van der Waals surface area contributed by atoms with Gasteiger partial charge in [-0.25, -0.2) is 9.67 Å². The average Bonchev–Trinajstić information content (AvgIpc) is 3.20. The molecule has 0 aliphatic heterocycles. The summed E-state index contributed by atoms with van der Waals surface area (Å²) < 4.78 is 6.54. The van der Waals surface area contributed by atoms with E-state index in [-0.39, 0.29) is 18.0 Å². The molecule has 0 unspecified atom stereocenters. The summed E-state index contributed by atoms with van der Waals surface area (Å²) in [6.45, 7) is 1.63. The highest BCUT2D eigenvalue weighted by molar-refractivity contribution is 7.14. The number of anilines is 1. The van der Waals surface area contributed by atoms with Crippen molar-refractivity contribution in [3.05, 3.63) is 70.0 Å². The summed E-state index contributed by atoms with van der Waals surface area (Å²) in [6.07, 6.45) is 0. The molecule has 4 aromatic rings. The molecule has 146 valence electrons. The highest BCUT2D eigenvalue weighted by Gasteiger charge is 2.14. The molecule has 0 aliphatic carbocycles. The van der Waals surface area contributed by atoms with Crippen LogP contribution in [0.5, 0.6) is 5.75 Å². The molecule has 2 aromatic carbocycles. The van der Waals surface area contributed by atoms with Crippen molar-refractivity contribution in [1.82, 2.24) is 14.8 Å². The monoisotopic (exact) mass is 406 g/mol. The number of nitrogens with one attached hydrogen (secondary N) is 1. The number of carbonyl (C=O) groups is 1. The lowest BCUT2D eigenvalue weighted by Crippen LogP contribution is -2.30. The van der Waals surface area contributed by atoms with E-state index in [1.807, 2.05) is 48.7 Å². The van der Waals surface area contributed by atoms with Crippen LogP contribution in [0.3, 0.4) is 0 Å². The van der Waals surface area contributed by atoms with E-state index < -0.39 is 0 Å². The van der Waals surface area contributed by atoms with Gasteiger partial charge in [-0.05, 0) is 25.1 Å². The summed E-state index contributed by atoms with van der Waals surface area (Å²) in [6, 6.07) is 14.8. The SMILES string of the molecule is COc1ccccc1-c1csc(NC(=O)Cn2nc(C)c3ccccc3c2=O)n1. The molecule has 1 N–H and O–H groups in total. The number of hydrogen-bond donors (Lipinski definition) is 1. The Morgan fingerprint density at radius 3 is 2.66 bits per heavy atom. The molecule has 0 aliphatic rings. The maximum Gasteiger partial charge on any atom is 0.275 e. The normalized spacial score (nSPS) is 10.8. The van der Waals surface area contributed by atoms with E-state index in [1.54, 1.807) is 19.2 Å². The Morgan fingerprint density at radius 1 is 1.14 bits per heavy atom. The molecule has 0 radical (unpaired) electrons. The molecule has 4 rings (SSSR count). The van der Waals surface area contributed by atoms with Crippen molar-refractivity contribution in [2.75, 3.05) is 12.4 Å². The minimum Gasteiger partial charge on any atom is -0.496 e. The van der Waals surface area contributed by atoms with Crippen molar-refractivity contribution in [1.29, 1.82) is 0 Å². The van der Waals surface area contributed by atoms with E-state index in [9.17, 15) is 9.59 Å². The number of hydrogen-bond acceptors (Lipinski definition) is 6. The van der Waals surface area contributed by atoms with E-state index >= 15 is 0 Å². The molecule has 29 heavy (non-hydrogen) atoms. The van der Waals surface area contributed by atoms with E-state index in [1.165, 1.54) is 16.0 Å². The van der Waals surface area contributed by atoms with E-state index in [2.05, 4.69) is 15.4 Å². The summed E-state index contributed by atoms with van der Waals surface area (Å²) in [5, 5.41) is 10.6. The molecule has 0 saturated heterocycles. The summed E-state index contributed by atoms with van der Waals surface area (Å²) in [5.41, 5.74) is 1.95. The number of fused-ring (bicyclic) bond motifs is 1. The largest absolute Gasteiger partial charge is 0.496 e. The predicted molar refractivity (Wildman–Crippen MR) is 113 cm³/mol. The summed E-state index contributed by atoms with van der Waals surface area (Å²) in [7, 11) is 1.60. The number of aromatic nitrogens is 3. The molecule has 7 nitrogen and oxygen atoms in total. The minimum absolute atomic E-state index is 0.186. The van der Waals surface area contributed by atoms with E-state index in [0.717, 1.165) is 10.9 Å². The lowest BCUT2D eigenvalue weighted by Gasteiger charge is -2.08. The Labute approximate surface area is 170 Å². The van der Waals surface area contributed by atoms with Gasteiger partial charge in [-0.3, -0.25) is 9.59 Å². The third-order valence-corrected chi connectivity index (χ3v) is 5.24. The van der Waals surface area contributed by atoms with Crippen LogP contribution in [-0.2, 0) is 11.3 Å². The lowest BCUT2D eigenvalue weighted by atomic mass is 10.1. The Balaban J connectivity index is 1.54. The standard InChI is InChI=1S/C21H18N4O3S/c1-13-14-7-3-4-8-15(14)20(27)25(24-13)11-19(26)23-21-22-17(12-29-21)16-9-5-6-10-18(16)28-2/h3-10,12H,11H2,1-2H3,(H,22,23,26). The van der Waals surface area contributed by atoms with Gasteiger partial charge in [0.1, 0.15) is 12.3 Å². The zero-order chi connectivity index (χ0) is 20.4. The molecule has 2 heterocycles. The van der Waals surface area contributed by atoms with Crippen LogP contribution >= 0.6 is 11.3 Å². The fourth-order valence-electron chi connectivity index (χ4n) is 3.12. The Kier molecular flexibility index (Phi) is 5.09. The first-order valence-electron chi connectivity index (χ1n) is 8.92. The first-order chi connectivity index (χ1) is 14.1. The topological polar surface area (TPSA) is 86.1 Å². The van der Waals surface area contributed by atoms with Gasteiger partial charge >= 0.3 is 0 Å². The third-order valence-electron chi connectivity index (χ3n) is 4.48. The number of carbonyl (C=O) groups excluding carboxylic acids is 1. The number of aryl methyl sites for hydroxylation is 1. The number of nitrogens with zero attached hydrogens (tertiary/aromatic N) is 3. The lowest BCUT2D eigenvalue weighted by molar-refractivity contribution is -0.117. The van der Waals surface area contributed by atoms with Crippen molar-refractivity contribution in [3.8, 4) is 17.0 Å². The van der Waals surface area contributed by atoms with Crippen molar-refractivity contribution in [2.45, 2.75) is 13.5 Å². The molecule has 0 fully saturated rings. The zero-order valence-electron chi connectivity index (χ0n) is 15.9. The molecule has 2 aromatic heterocycles.